The summed E-state index contributed by atoms with van der Waals surface area (Å²) in [6.45, 7) is 14.0. The van der Waals surface area contributed by atoms with Gasteiger partial charge in [0.2, 0.25) is 11.8 Å². The Morgan fingerprint density at radius 2 is 1.54 bits per heavy atom. The van der Waals surface area contributed by atoms with Crippen LogP contribution in [0.1, 0.15) is 83.9 Å². The zero-order valence-electron chi connectivity index (χ0n) is 18.5. The van der Waals surface area contributed by atoms with E-state index in [9.17, 15) is 9.59 Å². The molecule has 1 aliphatic rings. The van der Waals surface area contributed by atoms with Crippen molar-refractivity contribution in [2.45, 2.75) is 72.8 Å². The van der Waals surface area contributed by atoms with E-state index >= 15 is 0 Å². The van der Waals surface area contributed by atoms with Crippen LogP contribution in [0.4, 0.5) is 0 Å². The third kappa shape index (κ3) is 5.59. The van der Waals surface area contributed by atoms with Crippen LogP contribution in [0, 0.1) is 17.8 Å². The first-order chi connectivity index (χ1) is 13.2. The number of likely N-dealkylation sites (tertiary alicyclic amines) is 1. The Hall–Kier alpha value is -1.84. The van der Waals surface area contributed by atoms with Crippen LogP contribution in [0.25, 0.3) is 0 Å². The number of rotatable bonds is 7. The van der Waals surface area contributed by atoms with E-state index < -0.39 is 0 Å². The maximum atomic E-state index is 12.9. The summed E-state index contributed by atoms with van der Waals surface area (Å²) in [6.07, 6.45) is 2.63. The Bertz CT molecular complexity index is 643. The minimum absolute atomic E-state index is 0.00292. The van der Waals surface area contributed by atoms with E-state index in [0.717, 1.165) is 19.3 Å². The molecule has 28 heavy (non-hydrogen) atoms. The van der Waals surface area contributed by atoms with Gasteiger partial charge in [0.05, 0.1) is 6.04 Å². The Balaban J connectivity index is 1.99. The molecule has 4 nitrogen and oxygen atoms in total. The number of carbonyl (C=O) groups is 2. The molecule has 2 atom stereocenters. The van der Waals surface area contributed by atoms with E-state index in [1.807, 2.05) is 18.7 Å². The fourth-order valence-corrected chi connectivity index (χ4v) is 3.90. The predicted molar refractivity (Wildman–Crippen MR) is 115 cm³/mol. The molecule has 0 aromatic heterocycles. The van der Waals surface area contributed by atoms with Crippen molar-refractivity contribution in [3.63, 3.8) is 0 Å². The van der Waals surface area contributed by atoms with Gasteiger partial charge in [0, 0.05) is 24.9 Å². The highest BCUT2D eigenvalue weighted by Gasteiger charge is 2.30. The van der Waals surface area contributed by atoms with Crippen LogP contribution >= 0.6 is 0 Å². The fourth-order valence-electron chi connectivity index (χ4n) is 3.90. The second-order valence-electron chi connectivity index (χ2n) is 8.96. The number of benzene rings is 1. The lowest BCUT2D eigenvalue weighted by molar-refractivity contribution is -0.138. The van der Waals surface area contributed by atoms with Crippen LogP contribution in [0.15, 0.2) is 24.3 Å². The summed E-state index contributed by atoms with van der Waals surface area (Å²) in [4.78, 5) is 27.0. The zero-order valence-corrected chi connectivity index (χ0v) is 18.5. The molecule has 0 saturated carbocycles. The molecule has 1 saturated heterocycles. The standard InChI is InChI=1S/C24H38N2O2/c1-7-18(6)19-8-10-20(11-9-19)22(16(2)3)25-23(27)21-12-14-26(15-13-21)24(28)17(4)5/h8-11,16-18,21-22H,7,12-15H2,1-6H3,(H,25,27). The topological polar surface area (TPSA) is 49.4 Å². The SMILES string of the molecule is CCC(C)c1ccc(C(NC(=O)C2CCN(C(=O)C(C)C)CC2)C(C)C)cc1. The summed E-state index contributed by atoms with van der Waals surface area (Å²) in [7, 11) is 0. The van der Waals surface area contributed by atoms with E-state index in [1.165, 1.54) is 11.1 Å². The van der Waals surface area contributed by atoms with Crippen LogP contribution in [0.5, 0.6) is 0 Å². The van der Waals surface area contributed by atoms with Crippen molar-refractivity contribution in [2.75, 3.05) is 13.1 Å². The molecule has 1 fully saturated rings. The molecular formula is C24H38N2O2. The molecular weight excluding hydrogens is 348 g/mol. The average Bonchev–Trinajstić information content (AvgIpc) is 2.70. The van der Waals surface area contributed by atoms with Crippen molar-refractivity contribution in [3.8, 4) is 0 Å². The molecule has 0 bridgehead atoms. The number of hydrogen-bond donors (Lipinski definition) is 1. The smallest absolute Gasteiger partial charge is 0.225 e. The molecule has 2 unspecified atom stereocenters. The Labute approximate surface area is 171 Å². The predicted octanol–water partition coefficient (Wildman–Crippen LogP) is 4.91. The average molecular weight is 387 g/mol. The normalized spacial score (nSPS) is 17.6. The minimum atomic E-state index is -0.00292. The van der Waals surface area contributed by atoms with Crippen molar-refractivity contribution >= 4 is 11.8 Å². The molecule has 156 valence electrons. The van der Waals surface area contributed by atoms with Gasteiger partial charge in [-0.3, -0.25) is 9.59 Å². The van der Waals surface area contributed by atoms with Gasteiger partial charge >= 0.3 is 0 Å². The number of piperidine rings is 1. The Morgan fingerprint density at radius 1 is 1.00 bits per heavy atom. The van der Waals surface area contributed by atoms with Gasteiger partial charge in [-0.15, -0.1) is 0 Å². The first kappa shape index (κ1) is 22.4. The highest BCUT2D eigenvalue weighted by atomic mass is 16.2. The van der Waals surface area contributed by atoms with E-state index in [1.54, 1.807) is 0 Å². The molecule has 0 spiro atoms. The van der Waals surface area contributed by atoms with Gasteiger partial charge in [-0.25, -0.2) is 0 Å². The molecule has 1 aromatic carbocycles. The molecule has 2 rings (SSSR count). The van der Waals surface area contributed by atoms with Crippen molar-refractivity contribution in [3.05, 3.63) is 35.4 Å². The van der Waals surface area contributed by atoms with Crippen molar-refractivity contribution in [1.29, 1.82) is 0 Å². The summed E-state index contributed by atoms with van der Waals surface area (Å²) in [5, 5.41) is 3.29. The summed E-state index contributed by atoms with van der Waals surface area (Å²) >= 11 is 0. The van der Waals surface area contributed by atoms with Crippen LogP contribution in [-0.2, 0) is 9.59 Å². The van der Waals surface area contributed by atoms with Crippen molar-refractivity contribution < 1.29 is 9.59 Å². The van der Waals surface area contributed by atoms with Gasteiger partial charge in [0.25, 0.3) is 0 Å². The van der Waals surface area contributed by atoms with E-state index in [-0.39, 0.29) is 29.7 Å². The van der Waals surface area contributed by atoms with E-state index in [0.29, 0.717) is 24.9 Å². The number of carbonyl (C=O) groups excluding carboxylic acids is 2. The molecule has 4 heteroatoms. The highest BCUT2D eigenvalue weighted by Crippen LogP contribution is 2.27. The van der Waals surface area contributed by atoms with Crippen molar-refractivity contribution in [1.82, 2.24) is 10.2 Å². The third-order valence-electron chi connectivity index (χ3n) is 6.11. The van der Waals surface area contributed by atoms with Crippen LogP contribution in [-0.4, -0.2) is 29.8 Å². The lowest BCUT2D eigenvalue weighted by Gasteiger charge is -2.33. The van der Waals surface area contributed by atoms with Crippen LogP contribution in [0.2, 0.25) is 0 Å². The van der Waals surface area contributed by atoms with Gasteiger partial charge in [0.15, 0.2) is 0 Å². The number of nitrogens with one attached hydrogen (secondary N) is 1. The second kappa shape index (κ2) is 10.1. The number of hydrogen-bond acceptors (Lipinski definition) is 2. The second-order valence-corrected chi connectivity index (χ2v) is 8.96. The Kier molecular flexibility index (Phi) is 8.09. The first-order valence-corrected chi connectivity index (χ1v) is 10.9. The lowest BCUT2D eigenvalue weighted by atomic mass is 9.90. The van der Waals surface area contributed by atoms with Crippen LogP contribution in [0.3, 0.4) is 0 Å². The number of nitrogens with zero attached hydrogens (tertiary/aromatic N) is 1. The van der Waals surface area contributed by atoms with Gasteiger partial charge in [-0.2, -0.15) is 0 Å². The monoisotopic (exact) mass is 386 g/mol. The van der Waals surface area contributed by atoms with Gasteiger partial charge in [-0.1, -0.05) is 65.8 Å². The maximum absolute atomic E-state index is 12.9. The van der Waals surface area contributed by atoms with Crippen molar-refractivity contribution in [2.24, 2.45) is 17.8 Å². The first-order valence-electron chi connectivity index (χ1n) is 10.9. The summed E-state index contributed by atoms with van der Waals surface area (Å²) in [5.41, 5.74) is 2.52. The van der Waals surface area contributed by atoms with Gasteiger partial charge in [0.1, 0.15) is 0 Å². The molecule has 1 heterocycles. The summed E-state index contributed by atoms with van der Waals surface area (Å²) in [6, 6.07) is 8.74. The van der Waals surface area contributed by atoms with Gasteiger partial charge < -0.3 is 10.2 Å². The fraction of sp³-hybridized carbons (Fsp3) is 0.667. The number of amides is 2. The third-order valence-corrected chi connectivity index (χ3v) is 6.11. The molecule has 0 radical (unpaired) electrons. The maximum Gasteiger partial charge on any atom is 0.225 e. The molecule has 2 amide bonds. The lowest BCUT2D eigenvalue weighted by Crippen LogP contribution is -2.45. The minimum Gasteiger partial charge on any atom is -0.349 e. The highest BCUT2D eigenvalue weighted by molar-refractivity contribution is 5.81. The summed E-state index contributed by atoms with van der Waals surface area (Å²) < 4.78 is 0. The Morgan fingerprint density at radius 3 is 2.00 bits per heavy atom. The zero-order chi connectivity index (χ0) is 20.8. The summed E-state index contributed by atoms with van der Waals surface area (Å²) in [5.74, 6) is 1.22. The van der Waals surface area contributed by atoms with Gasteiger partial charge in [-0.05, 0) is 42.2 Å². The molecule has 1 aromatic rings. The quantitative estimate of drug-likeness (QED) is 0.724. The molecule has 0 aliphatic carbocycles. The molecule has 1 N–H and O–H groups in total. The largest absolute Gasteiger partial charge is 0.349 e. The molecule has 1 aliphatic heterocycles. The van der Waals surface area contributed by atoms with Crippen LogP contribution < -0.4 is 5.32 Å². The van der Waals surface area contributed by atoms with E-state index in [4.69, 9.17) is 0 Å². The van der Waals surface area contributed by atoms with E-state index in [2.05, 4.69) is 57.3 Å².